The van der Waals surface area contributed by atoms with Crippen molar-refractivity contribution in [3.63, 3.8) is 0 Å². The van der Waals surface area contributed by atoms with Crippen LogP contribution < -0.4 is 4.90 Å². The van der Waals surface area contributed by atoms with E-state index in [-0.39, 0.29) is 11.5 Å². The quantitative estimate of drug-likeness (QED) is 0.262. The summed E-state index contributed by atoms with van der Waals surface area (Å²) >= 11 is 0. The maximum atomic E-state index is 13.4. The molecular formula is C36H40N4O. The number of nitriles is 1. The summed E-state index contributed by atoms with van der Waals surface area (Å²) in [6, 6.07) is 23.9. The van der Waals surface area contributed by atoms with Crippen LogP contribution in [0.15, 0.2) is 66.2 Å². The summed E-state index contributed by atoms with van der Waals surface area (Å²) in [5.74, 6) is 2.64. The second-order valence-electron chi connectivity index (χ2n) is 13.2. The Morgan fingerprint density at radius 1 is 0.854 bits per heavy atom. The molecule has 2 heterocycles. The fourth-order valence-corrected chi connectivity index (χ4v) is 9.03. The van der Waals surface area contributed by atoms with Gasteiger partial charge >= 0.3 is 0 Å². The molecule has 1 aliphatic heterocycles. The van der Waals surface area contributed by atoms with Gasteiger partial charge in [0.25, 0.3) is 5.91 Å². The summed E-state index contributed by atoms with van der Waals surface area (Å²) in [6.07, 6.45) is 10.3. The lowest BCUT2D eigenvalue weighted by molar-refractivity contribution is -0.126. The minimum atomic E-state index is -0.176. The molecule has 5 heteroatoms. The molecule has 0 atom stereocenters. The lowest BCUT2D eigenvalue weighted by Gasteiger charge is -2.57. The standard InChI is InChI=1S/C36H40N4O/c1-25-16-30(20-31(24-37)35(41)39-14-12-38(13-15-39)33-6-4-3-5-7-33)26(2)40(25)34-10-8-32(9-11-34)36-21-27-17-28(22-36)19-29(18-27)23-36/h3-11,16,20,27-29H,12-15,17-19,21-23H2,1-2H3/b31-20+. The minimum Gasteiger partial charge on any atom is -0.368 e. The number of aromatic nitrogens is 1. The highest BCUT2D eigenvalue weighted by Gasteiger charge is 2.51. The van der Waals surface area contributed by atoms with Gasteiger partial charge in [-0.1, -0.05) is 30.3 Å². The lowest BCUT2D eigenvalue weighted by atomic mass is 9.48. The van der Waals surface area contributed by atoms with Gasteiger partial charge < -0.3 is 14.4 Å². The summed E-state index contributed by atoms with van der Waals surface area (Å²) < 4.78 is 2.26. The molecular weight excluding hydrogens is 504 g/mol. The molecule has 0 N–H and O–H groups in total. The van der Waals surface area contributed by atoms with E-state index in [2.05, 4.69) is 71.8 Å². The normalized spacial score (nSPS) is 27.2. The van der Waals surface area contributed by atoms with Crippen molar-refractivity contribution in [3.8, 4) is 11.8 Å². The number of amides is 1. The summed E-state index contributed by atoms with van der Waals surface area (Å²) in [4.78, 5) is 17.5. The summed E-state index contributed by atoms with van der Waals surface area (Å²) in [5, 5.41) is 9.97. The number of benzene rings is 2. The van der Waals surface area contributed by atoms with Gasteiger partial charge in [0.15, 0.2) is 0 Å². The van der Waals surface area contributed by atoms with Crippen LogP contribution in [-0.2, 0) is 10.2 Å². The third-order valence-electron chi connectivity index (χ3n) is 10.6. The van der Waals surface area contributed by atoms with Gasteiger partial charge in [-0.05, 0) is 123 Å². The van der Waals surface area contributed by atoms with E-state index in [1.54, 1.807) is 6.08 Å². The van der Waals surface area contributed by atoms with E-state index in [0.717, 1.165) is 53.5 Å². The number of hydrogen-bond donors (Lipinski definition) is 0. The Kier molecular flexibility index (Phi) is 6.53. The van der Waals surface area contributed by atoms with Gasteiger partial charge in [0.2, 0.25) is 0 Å². The molecule has 4 bridgehead atoms. The zero-order chi connectivity index (χ0) is 28.1. The van der Waals surface area contributed by atoms with Crippen LogP contribution in [0.3, 0.4) is 0 Å². The Hall–Kier alpha value is -3.78. The lowest BCUT2D eigenvalue weighted by Crippen LogP contribution is -2.49. The van der Waals surface area contributed by atoms with Gasteiger partial charge in [-0.25, -0.2) is 0 Å². The molecule has 5 nitrogen and oxygen atoms in total. The van der Waals surface area contributed by atoms with Gasteiger partial charge in [0.05, 0.1) is 0 Å². The number of nitrogens with zero attached hydrogens (tertiary/aromatic N) is 4. The number of aryl methyl sites for hydroxylation is 1. The Bertz CT molecular complexity index is 1480. The number of carbonyl (C=O) groups is 1. The van der Waals surface area contributed by atoms with Crippen LogP contribution in [0.2, 0.25) is 0 Å². The number of rotatable bonds is 5. The zero-order valence-corrected chi connectivity index (χ0v) is 24.4. The average molecular weight is 545 g/mol. The van der Waals surface area contributed by atoms with Crippen molar-refractivity contribution in [2.75, 3.05) is 31.1 Å². The van der Waals surface area contributed by atoms with Crippen LogP contribution in [-0.4, -0.2) is 41.6 Å². The first kappa shape index (κ1) is 26.1. The van der Waals surface area contributed by atoms with E-state index in [0.29, 0.717) is 18.5 Å². The summed E-state index contributed by atoms with van der Waals surface area (Å²) in [6.45, 7) is 6.95. The smallest absolute Gasteiger partial charge is 0.264 e. The highest BCUT2D eigenvalue weighted by Crippen LogP contribution is 2.60. The van der Waals surface area contributed by atoms with Gasteiger partial charge in [-0.15, -0.1) is 0 Å². The zero-order valence-electron chi connectivity index (χ0n) is 24.4. The van der Waals surface area contributed by atoms with Crippen LogP contribution in [0.4, 0.5) is 5.69 Å². The van der Waals surface area contributed by atoms with Crippen LogP contribution in [0.1, 0.15) is 61.0 Å². The molecule has 1 amide bonds. The van der Waals surface area contributed by atoms with Crippen molar-refractivity contribution >= 4 is 17.7 Å². The van der Waals surface area contributed by atoms with Crippen LogP contribution in [0.5, 0.6) is 0 Å². The second kappa shape index (κ2) is 10.2. The first-order chi connectivity index (χ1) is 19.9. The molecule has 41 heavy (non-hydrogen) atoms. The molecule has 5 fully saturated rings. The van der Waals surface area contributed by atoms with Gasteiger partial charge in [0, 0.05) is 48.9 Å². The van der Waals surface area contributed by atoms with Crippen LogP contribution in [0, 0.1) is 42.9 Å². The van der Waals surface area contributed by atoms with E-state index in [1.807, 2.05) is 23.1 Å². The SMILES string of the molecule is Cc1cc(/C=C(\C#N)C(=O)N2CCN(c3ccccc3)CC2)c(C)n1-c1ccc(C23CC4CC(CC(C4)C2)C3)cc1. The molecule has 8 rings (SSSR count). The van der Waals surface area contributed by atoms with Crippen molar-refractivity contribution in [2.24, 2.45) is 17.8 Å². The average Bonchev–Trinajstić information content (AvgIpc) is 3.27. The fraction of sp³-hybridized carbons (Fsp3) is 0.444. The Labute approximate surface area is 244 Å². The second-order valence-corrected chi connectivity index (χ2v) is 13.2. The topological polar surface area (TPSA) is 52.3 Å². The van der Waals surface area contributed by atoms with Crippen molar-refractivity contribution in [1.82, 2.24) is 9.47 Å². The number of anilines is 1. The molecule has 210 valence electrons. The van der Waals surface area contributed by atoms with E-state index in [4.69, 9.17) is 0 Å². The molecule has 4 aliphatic carbocycles. The summed E-state index contributed by atoms with van der Waals surface area (Å²) in [7, 11) is 0. The first-order valence-corrected chi connectivity index (χ1v) is 15.4. The maximum absolute atomic E-state index is 13.4. The van der Waals surface area contributed by atoms with Crippen LogP contribution >= 0.6 is 0 Å². The molecule has 0 spiro atoms. The summed E-state index contributed by atoms with van der Waals surface area (Å²) in [5.41, 5.74) is 7.56. The van der Waals surface area contributed by atoms with Crippen LogP contribution in [0.25, 0.3) is 11.8 Å². The third-order valence-corrected chi connectivity index (χ3v) is 10.6. The molecule has 5 aliphatic rings. The predicted octanol–water partition coefficient (Wildman–Crippen LogP) is 6.82. The minimum absolute atomic E-state index is 0.176. The van der Waals surface area contributed by atoms with E-state index < -0.39 is 0 Å². The van der Waals surface area contributed by atoms with Crippen molar-refractivity contribution in [2.45, 2.75) is 57.8 Å². The predicted molar refractivity (Wildman–Crippen MR) is 164 cm³/mol. The Morgan fingerprint density at radius 2 is 1.46 bits per heavy atom. The highest BCUT2D eigenvalue weighted by molar-refractivity contribution is 6.02. The van der Waals surface area contributed by atoms with E-state index in [9.17, 15) is 10.1 Å². The molecule has 0 unspecified atom stereocenters. The van der Waals surface area contributed by atoms with Crippen molar-refractivity contribution < 1.29 is 4.79 Å². The first-order valence-electron chi connectivity index (χ1n) is 15.4. The van der Waals surface area contributed by atoms with Gasteiger partial charge in [0.1, 0.15) is 11.6 Å². The highest BCUT2D eigenvalue weighted by atomic mass is 16.2. The number of piperazine rings is 1. The molecule has 4 saturated carbocycles. The number of para-hydroxylation sites is 1. The monoisotopic (exact) mass is 544 g/mol. The Morgan fingerprint density at radius 3 is 2.05 bits per heavy atom. The third kappa shape index (κ3) is 4.68. The molecule has 1 aromatic heterocycles. The molecule has 1 saturated heterocycles. The largest absolute Gasteiger partial charge is 0.368 e. The van der Waals surface area contributed by atoms with Crippen molar-refractivity contribution in [1.29, 1.82) is 5.26 Å². The molecule has 0 radical (unpaired) electrons. The van der Waals surface area contributed by atoms with E-state index >= 15 is 0 Å². The number of carbonyl (C=O) groups excluding carboxylic acids is 1. The van der Waals surface area contributed by atoms with Gasteiger partial charge in [-0.3, -0.25) is 4.79 Å². The van der Waals surface area contributed by atoms with E-state index in [1.165, 1.54) is 49.8 Å². The van der Waals surface area contributed by atoms with Gasteiger partial charge in [-0.2, -0.15) is 5.26 Å². The fourth-order valence-electron chi connectivity index (χ4n) is 9.03. The molecule has 2 aromatic carbocycles. The Balaban J connectivity index is 1.08. The van der Waals surface area contributed by atoms with Crippen molar-refractivity contribution in [3.05, 3.63) is 88.8 Å². The molecule has 3 aromatic rings. The number of hydrogen-bond acceptors (Lipinski definition) is 3. The maximum Gasteiger partial charge on any atom is 0.264 e.